The molecule has 1 fully saturated rings. The third-order valence-electron chi connectivity index (χ3n) is 3.12. The fourth-order valence-corrected chi connectivity index (χ4v) is 2.41. The van der Waals surface area contributed by atoms with Gasteiger partial charge in [-0.3, -0.25) is 4.98 Å². The molecule has 0 bridgehead atoms. The van der Waals surface area contributed by atoms with Gasteiger partial charge in [-0.15, -0.1) is 0 Å². The van der Waals surface area contributed by atoms with Gasteiger partial charge in [-0.25, -0.2) is 4.39 Å². The fourth-order valence-electron chi connectivity index (χ4n) is 2.41. The van der Waals surface area contributed by atoms with Gasteiger partial charge in [0.1, 0.15) is 5.82 Å². The summed E-state index contributed by atoms with van der Waals surface area (Å²) in [6.07, 6.45) is 6.50. The maximum atomic E-state index is 13.0. The number of hydrogen-bond donors (Lipinski definition) is 1. The van der Waals surface area contributed by atoms with Crippen LogP contribution >= 0.6 is 0 Å². The van der Waals surface area contributed by atoms with Crippen molar-refractivity contribution in [1.29, 1.82) is 0 Å². The third-order valence-corrected chi connectivity index (χ3v) is 3.12. The molecule has 2 rings (SSSR count). The largest absolute Gasteiger partial charge is 0.314 e. The van der Waals surface area contributed by atoms with Gasteiger partial charge in [-0.1, -0.05) is 6.92 Å². The van der Waals surface area contributed by atoms with Gasteiger partial charge in [0, 0.05) is 12.2 Å². The predicted molar refractivity (Wildman–Crippen MR) is 58.3 cm³/mol. The van der Waals surface area contributed by atoms with Crippen molar-refractivity contribution in [1.82, 2.24) is 10.3 Å². The predicted octanol–water partition coefficient (Wildman–Crippen LogP) is 2.47. The Kier molecular flexibility index (Phi) is 3.31. The van der Waals surface area contributed by atoms with Crippen molar-refractivity contribution in [3.63, 3.8) is 0 Å². The van der Waals surface area contributed by atoms with Crippen molar-refractivity contribution in [2.24, 2.45) is 0 Å². The van der Waals surface area contributed by atoms with Crippen molar-refractivity contribution in [2.45, 2.75) is 38.1 Å². The minimum absolute atomic E-state index is 0.223. The molecule has 1 aromatic heterocycles. The van der Waals surface area contributed by atoms with Crippen molar-refractivity contribution in [3.8, 4) is 0 Å². The highest BCUT2D eigenvalue weighted by atomic mass is 19.1. The molecule has 1 aromatic rings. The Balaban J connectivity index is 2.01. The molecule has 1 aliphatic rings. The highest BCUT2D eigenvalue weighted by molar-refractivity contribution is 5.17. The number of nitrogens with zero attached hydrogens (tertiary/aromatic N) is 1. The average Bonchev–Trinajstić information content (AvgIpc) is 2.67. The molecule has 2 nitrogen and oxygen atoms in total. The van der Waals surface area contributed by atoms with Crippen LogP contribution in [0.15, 0.2) is 18.5 Å². The topological polar surface area (TPSA) is 24.9 Å². The van der Waals surface area contributed by atoms with Crippen molar-refractivity contribution < 1.29 is 4.39 Å². The number of nitrogens with one attached hydrogen (secondary N) is 1. The zero-order valence-electron chi connectivity index (χ0n) is 9.04. The summed E-state index contributed by atoms with van der Waals surface area (Å²) >= 11 is 0. The molecule has 2 atom stereocenters. The Morgan fingerprint density at radius 3 is 3.07 bits per heavy atom. The lowest BCUT2D eigenvalue weighted by Gasteiger charge is -2.11. The molecule has 2 unspecified atom stereocenters. The summed E-state index contributed by atoms with van der Waals surface area (Å²) in [7, 11) is 0. The minimum atomic E-state index is -0.223. The van der Waals surface area contributed by atoms with Gasteiger partial charge in [0.2, 0.25) is 0 Å². The molecule has 1 N–H and O–H groups in total. The minimum Gasteiger partial charge on any atom is -0.314 e. The highest BCUT2D eigenvalue weighted by Gasteiger charge is 2.25. The molecular formula is C12H17FN2. The molecule has 0 radical (unpaired) electrons. The van der Waals surface area contributed by atoms with Gasteiger partial charge in [0.15, 0.2) is 0 Å². The second-order valence-electron chi connectivity index (χ2n) is 4.20. The van der Waals surface area contributed by atoms with E-state index in [2.05, 4.69) is 17.2 Å². The molecule has 1 heterocycles. The summed E-state index contributed by atoms with van der Waals surface area (Å²) in [4.78, 5) is 3.90. The summed E-state index contributed by atoms with van der Waals surface area (Å²) in [6, 6.07) is 2.22. The average molecular weight is 208 g/mol. The van der Waals surface area contributed by atoms with E-state index in [1.165, 1.54) is 12.6 Å². The molecule has 0 aliphatic heterocycles. The first-order chi connectivity index (χ1) is 7.29. The van der Waals surface area contributed by atoms with Crippen molar-refractivity contribution in [2.75, 3.05) is 6.54 Å². The van der Waals surface area contributed by atoms with Crippen LogP contribution in [0.3, 0.4) is 0 Å². The van der Waals surface area contributed by atoms with E-state index < -0.39 is 0 Å². The molecule has 1 saturated carbocycles. The summed E-state index contributed by atoms with van der Waals surface area (Å²) < 4.78 is 13.0. The Morgan fingerprint density at radius 1 is 1.47 bits per heavy atom. The summed E-state index contributed by atoms with van der Waals surface area (Å²) in [5.74, 6) is 0.261. The van der Waals surface area contributed by atoms with E-state index in [-0.39, 0.29) is 5.82 Å². The second kappa shape index (κ2) is 4.71. The van der Waals surface area contributed by atoms with E-state index in [9.17, 15) is 4.39 Å². The lowest BCUT2D eigenvalue weighted by atomic mass is 9.99. The standard InChI is InChI=1S/C12H17FN2/c1-2-15-12-4-3-9(6-12)10-5-11(13)8-14-7-10/h5,7-9,12,15H,2-4,6H2,1H3. The van der Waals surface area contributed by atoms with Crippen LogP contribution in [-0.4, -0.2) is 17.6 Å². The SMILES string of the molecule is CCNC1CCC(c2cncc(F)c2)C1. The lowest BCUT2D eigenvalue weighted by molar-refractivity contribution is 0.533. The van der Waals surface area contributed by atoms with Gasteiger partial charge < -0.3 is 5.32 Å². The maximum Gasteiger partial charge on any atom is 0.141 e. The van der Waals surface area contributed by atoms with Crippen LogP contribution in [0, 0.1) is 5.82 Å². The van der Waals surface area contributed by atoms with Crippen molar-refractivity contribution in [3.05, 3.63) is 29.8 Å². The second-order valence-corrected chi connectivity index (χ2v) is 4.20. The van der Waals surface area contributed by atoms with E-state index in [1.54, 1.807) is 12.3 Å². The quantitative estimate of drug-likeness (QED) is 0.825. The van der Waals surface area contributed by atoms with Gasteiger partial charge in [-0.05, 0) is 43.4 Å². The molecule has 82 valence electrons. The zero-order chi connectivity index (χ0) is 10.7. The number of rotatable bonds is 3. The smallest absolute Gasteiger partial charge is 0.141 e. The number of pyridine rings is 1. The molecule has 15 heavy (non-hydrogen) atoms. The van der Waals surface area contributed by atoms with Gasteiger partial charge in [-0.2, -0.15) is 0 Å². The first-order valence-electron chi connectivity index (χ1n) is 5.63. The fraction of sp³-hybridized carbons (Fsp3) is 0.583. The first kappa shape index (κ1) is 10.6. The van der Waals surface area contributed by atoms with Crippen LogP contribution in [0.1, 0.15) is 37.7 Å². The van der Waals surface area contributed by atoms with Gasteiger partial charge in [0.25, 0.3) is 0 Å². The number of halogens is 1. The van der Waals surface area contributed by atoms with Crippen LogP contribution in [0.2, 0.25) is 0 Å². The maximum absolute atomic E-state index is 13.0. The molecule has 0 spiro atoms. The molecule has 0 saturated heterocycles. The van der Waals surface area contributed by atoms with Crippen LogP contribution in [0.4, 0.5) is 4.39 Å². The van der Waals surface area contributed by atoms with Crippen molar-refractivity contribution >= 4 is 0 Å². The molecule has 0 aromatic carbocycles. The highest BCUT2D eigenvalue weighted by Crippen LogP contribution is 2.34. The summed E-state index contributed by atoms with van der Waals surface area (Å²) in [5.41, 5.74) is 1.05. The first-order valence-corrected chi connectivity index (χ1v) is 5.63. The van der Waals surface area contributed by atoms with Crippen LogP contribution in [0.25, 0.3) is 0 Å². The Morgan fingerprint density at radius 2 is 2.33 bits per heavy atom. The van der Waals surface area contributed by atoms with E-state index in [1.807, 2.05) is 0 Å². The third kappa shape index (κ3) is 2.53. The van der Waals surface area contributed by atoms with Crippen LogP contribution < -0.4 is 5.32 Å². The summed E-state index contributed by atoms with van der Waals surface area (Å²) in [5, 5.41) is 3.44. The molecule has 3 heteroatoms. The monoisotopic (exact) mass is 208 g/mol. The lowest BCUT2D eigenvalue weighted by Crippen LogP contribution is -2.25. The normalized spacial score (nSPS) is 25.7. The molecule has 1 aliphatic carbocycles. The Hall–Kier alpha value is -0.960. The van der Waals surface area contributed by atoms with Gasteiger partial charge in [0.05, 0.1) is 6.20 Å². The summed E-state index contributed by atoms with van der Waals surface area (Å²) in [6.45, 7) is 3.13. The van der Waals surface area contributed by atoms with E-state index in [0.29, 0.717) is 12.0 Å². The van der Waals surface area contributed by atoms with Crippen LogP contribution in [-0.2, 0) is 0 Å². The number of hydrogen-bond acceptors (Lipinski definition) is 2. The zero-order valence-corrected chi connectivity index (χ0v) is 9.04. The molecule has 0 amide bonds. The van der Waals surface area contributed by atoms with Gasteiger partial charge >= 0.3 is 0 Å². The van der Waals surface area contributed by atoms with Crippen LogP contribution in [0.5, 0.6) is 0 Å². The molecular weight excluding hydrogens is 191 g/mol. The van der Waals surface area contributed by atoms with E-state index in [0.717, 1.165) is 24.9 Å². The van der Waals surface area contributed by atoms with E-state index in [4.69, 9.17) is 0 Å². The Labute approximate surface area is 89.9 Å². The number of aromatic nitrogens is 1. The Bertz CT molecular complexity index is 327. The van der Waals surface area contributed by atoms with E-state index >= 15 is 0 Å².